The Bertz CT molecular complexity index is 1450. The number of fused-ring (bicyclic) bond motifs is 1. The third kappa shape index (κ3) is 3.97. The second kappa shape index (κ2) is 8.71. The van der Waals surface area contributed by atoms with E-state index < -0.39 is 43.8 Å². The highest BCUT2D eigenvalue weighted by atomic mass is 32.3. The van der Waals surface area contributed by atoms with Crippen molar-refractivity contribution in [3.05, 3.63) is 95.6 Å². The molecule has 1 heterocycles. The average Bonchev–Trinajstić information content (AvgIpc) is 2.85. The van der Waals surface area contributed by atoms with E-state index in [0.29, 0.717) is 9.27 Å². The molecule has 3 aromatic carbocycles. The molecule has 0 aromatic heterocycles. The van der Waals surface area contributed by atoms with Crippen molar-refractivity contribution >= 4 is 31.9 Å². The Morgan fingerprint density at radius 1 is 0.771 bits per heavy atom. The summed E-state index contributed by atoms with van der Waals surface area (Å²) in [6.07, 6.45) is 0. The number of carbonyl (C=O) groups excluding carboxylic acids is 2. The van der Waals surface area contributed by atoms with Gasteiger partial charge in [0.05, 0.1) is 15.2 Å². The molecule has 35 heavy (non-hydrogen) atoms. The second-order valence-electron chi connectivity index (χ2n) is 8.57. The number of benzene rings is 3. The molecule has 4 rings (SSSR count). The van der Waals surface area contributed by atoms with Gasteiger partial charge in [-0.1, -0.05) is 58.3 Å². The molecular formula is C25H24N2O6S2. The van der Waals surface area contributed by atoms with Crippen LogP contribution in [-0.4, -0.2) is 50.9 Å². The van der Waals surface area contributed by atoms with E-state index in [1.807, 2.05) is 0 Å². The summed E-state index contributed by atoms with van der Waals surface area (Å²) in [5.41, 5.74) is -0.525. The van der Waals surface area contributed by atoms with Crippen molar-refractivity contribution in [1.82, 2.24) is 8.61 Å². The molecule has 0 fully saturated rings. The minimum atomic E-state index is -4.62. The van der Waals surface area contributed by atoms with Gasteiger partial charge in [-0.15, -0.1) is 0 Å². The first kappa shape index (κ1) is 24.8. The van der Waals surface area contributed by atoms with E-state index in [2.05, 4.69) is 0 Å². The Morgan fingerprint density at radius 3 is 1.74 bits per heavy atom. The van der Waals surface area contributed by atoms with Crippen molar-refractivity contribution in [2.75, 3.05) is 13.6 Å². The molecule has 8 nitrogen and oxygen atoms in total. The summed E-state index contributed by atoms with van der Waals surface area (Å²) in [5.74, 6) is -1.22. The molecule has 1 aliphatic rings. The number of hydrogen-bond acceptors (Lipinski definition) is 6. The topological polar surface area (TPSA) is 109 Å². The first-order valence-electron chi connectivity index (χ1n) is 10.7. The molecule has 0 spiro atoms. The molecular weight excluding hydrogens is 488 g/mol. The highest BCUT2D eigenvalue weighted by molar-refractivity contribution is 8.04. The fourth-order valence-corrected chi connectivity index (χ4v) is 8.17. The third-order valence-corrected chi connectivity index (χ3v) is 10.5. The van der Waals surface area contributed by atoms with Crippen LogP contribution in [0.2, 0.25) is 0 Å². The van der Waals surface area contributed by atoms with Crippen LogP contribution in [0.15, 0.2) is 88.7 Å². The van der Waals surface area contributed by atoms with E-state index >= 15 is 0 Å². The fourth-order valence-electron chi connectivity index (χ4n) is 4.29. The number of likely N-dealkylation sites (N-methyl/N-ethyl adjacent to an activating group) is 1. The van der Waals surface area contributed by atoms with Crippen LogP contribution in [-0.2, 0) is 30.3 Å². The molecule has 0 N–H and O–H groups in total. The lowest BCUT2D eigenvalue weighted by atomic mass is 9.74. The molecule has 0 aliphatic carbocycles. The minimum absolute atomic E-state index is 0.236. The van der Waals surface area contributed by atoms with Crippen molar-refractivity contribution in [2.45, 2.75) is 29.1 Å². The van der Waals surface area contributed by atoms with E-state index in [0.717, 1.165) is 4.90 Å². The van der Waals surface area contributed by atoms with Crippen LogP contribution in [0.5, 0.6) is 0 Å². The maximum Gasteiger partial charge on any atom is 0.260 e. The first-order valence-corrected chi connectivity index (χ1v) is 13.6. The monoisotopic (exact) mass is 512 g/mol. The summed E-state index contributed by atoms with van der Waals surface area (Å²) in [4.78, 5) is 26.8. The molecule has 0 radical (unpaired) electrons. The van der Waals surface area contributed by atoms with E-state index in [4.69, 9.17) is 0 Å². The normalized spacial score (nSPS) is 18.6. The fraction of sp³-hybridized carbons (Fsp3) is 0.200. The lowest BCUT2D eigenvalue weighted by Gasteiger charge is -2.40. The van der Waals surface area contributed by atoms with Gasteiger partial charge in [0.15, 0.2) is 0 Å². The summed E-state index contributed by atoms with van der Waals surface area (Å²) in [5, 5.41) is 0. The number of imide groups is 1. The zero-order valence-corrected chi connectivity index (χ0v) is 21.0. The lowest BCUT2D eigenvalue weighted by Crippen LogP contribution is -2.57. The van der Waals surface area contributed by atoms with Crippen molar-refractivity contribution in [3.8, 4) is 0 Å². The summed E-state index contributed by atoms with van der Waals surface area (Å²) < 4.78 is 55.4. The zero-order valence-electron chi connectivity index (χ0n) is 19.4. The number of aryl methyl sites for hydroxylation is 1. The van der Waals surface area contributed by atoms with Crippen LogP contribution in [0.3, 0.4) is 0 Å². The number of hydrogen-bond donors (Lipinski definition) is 0. The quantitative estimate of drug-likeness (QED) is 0.470. The van der Waals surface area contributed by atoms with E-state index in [1.165, 1.54) is 62.5 Å². The summed E-state index contributed by atoms with van der Waals surface area (Å²) in [7, 11) is -7.94. The molecule has 0 bridgehead atoms. The number of carbonyl (C=O) groups is 2. The van der Waals surface area contributed by atoms with Crippen molar-refractivity contribution in [1.29, 1.82) is 0 Å². The van der Waals surface area contributed by atoms with Gasteiger partial charge in [-0.2, -0.15) is 0 Å². The molecule has 1 atom stereocenters. The third-order valence-electron chi connectivity index (χ3n) is 6.23. The van der Waals surface area contributed by atoms with Gasteiger partial charge >= 0.3 is 0 Å². The zero-order chi connectivity index (χ0) is 25.6. The van der Waals surface area contributed by atoms with Crippen LogP contribution in [0.25, 0.3) is 0 Å². The second-order valence-corrected chi connectivity index (χ2v) is 12.5. The Balaban J connectivity index is 1.97. The molecule has 10 heteroatoms. The van der Waals surface area contributed by atoms with Crippen LogP contribution in [0.4, 0.5) is 0 Å². The van der Waals surface area contributed by atoms with Crippen molar-refractivity contribution in [2.24, 2.45) is 0 Å². The molecule has 0 saturated carbocycles. The van der Waals surface area contributed by atoms with Crippen LogP contribution >= 0.6 is 0 Å². The largest absolute Gasteiger partial charge is 0.281 e. The van der Waals surface area contributed by atoms with Gasteiger partial charge in [0.1, 0.15) is 0 Å². The summed E-state index contributed by atoms with van der Waals surface area (Å²) >= 11 is 0. The number of sulfonamides is 2. The molecule has 3 aromatic rings. The summed E-state index contributed by atoms with van der Waals surface area (Å²) in [6, 6.07) is 19.3. The first-order chi connectivity index (χ1) is 16.4. The van der Waals surface area contributed by atoms with Gasteiger partial charge in [0, 0.05) is 19.2 Å². The van der Waals surface area contributed by atoms with E-state index in [-0.39, 0.29) is 20.9 Å². The highest BCUT2D eigenvalue weighted by Gasteiger charge is 2.51. The van der Waals surface area contributed by atoms with Gasteiger partial charge in [-0.3, -0.25) is 14.5 Å². The van der Waals surface area contributed by atoms with Crippen molar-refractivity contribution < 1.29 is 26.4 Å². The number of rotatable bonds is 6. The van der Waals surface area contributed by atoms with Crippen LogP contribution in [0.1, 0.15) is 28.4 Å². The molecule has 1 unspecified atom stereocenters. The summed E-state index contributed by atoms with van der Waals surface area (Å²) in [6.45, 7) is 2.44. The molecule has 1 aliphatic heterocycles. The molecule has 182 valence electrons. The minimum Gasteiger partial charge on any atom is -0.281 e. The molecule has 2 amide bonds. The highest BCUT2D eigenvalue weighted by Crippen LogP contribution is 2.39. The SMILES string of the molecule is Cc1cccc2c1C(=O)N(C)C(=O)C2(C)CN(S(=O)(=O)c1ccccc1)S(=O)(=O)c1ccccc1. The lowest BCUT2D eigenvalue weighted by molar-refractivity contribution is -0.133. The van der Waals surface area contributed by atoms with Crippen LogP contribution < -0.4 is 0 Å². The van der Waals surface area contributed by atoms with Gasteiger partial charge < -0.3 is 0 Å². The predicted molar refractivity (Wildman–Crippen MR) is 130 cm³/mol. The van der Waals surface area contributed by atoms with Gasteiger partial charge in [-0.25, -0.2) is 16.8 Å². The number of amides is 2. The average molecular weight is 513 g/mol. The Morgan fingerprint density at radius 2 is 1.26 bits per heavy atom. The van der Waals surface area contributed by atoms with Crippen LogP contribution in [0, 0.1) is 6.92 Å². The Kier molecular flexibility index (Phi) is 6.16. The van der Waals surface area contributed by atoms with Gasteiger partial charge in [0.2, 0.25) is 5.91 Å². The molecule has 0 saturated heterocycles. The predicted octanol–water partition coefficient (Wildman–Crippen LogP) is 2.94. The Labute approximate surface area is 204 Å². The van der Waals surface area contributed by atoms with Gasteiger partial charge in [-0.05, 0) is 49.2 Å². The maximum absolute atomic E-state index is 13.8. The standard InChI is InChI=1S/C25H24N2O6S2/c1-18-11-10-16-21-22(18)23(28)26(3)24(29)25(21,2)17-27(34(30,31)19-12-6-4-7-13-19)35(32,33)20-14-8-5-9-15-20/h4-16H,17H2,1-3H3. The smallest absolute Gasteiger partial charge is 0.260 e. The Hall–Kier alpha value is -3.34. The maximum atomic E-state index is 13.8. The van der Waals surface area contributed by atoms with Crippen molar-refractivity contribution in [3.63, 3.8) is 0 Å². The van der Waals surface area contributed by atoms with Gasteiger partial charge in [0.25, 0.3) is 26.0 Å². The van der Waals surface area contributed by atoms with E-state index in [1.54, 1.807) is 37.3 Å². The van der Waals surface area contributed by atoms with E-state index in [9.17, 15) is 26.4 Å². The number of nitrogens with zero attached hydrogens (tertiary/aromatic N) is 2.